The van der Waals surface area contributed by atoms with E-state index in [0.717, 1.165) is 6.54 Å². The van der Waals surface area contributed by atoms with E-state index in [-0.39, 0.29) is 5.95 Å². The summed E-state index contributed by atoms with van der Waals surface area (Å²) in [4.78, 5) is 9.93. The summed E-state index contributed by atoms with van der Waals surface area (Å²) < 4.78 is 0. The zero-order valence-electron chi connectivity index (χ0n) is 9.86. The minimum Gasteiger partial charge on any atom is -0.393 e. The average molecular weight is 225 g/mol. The van der Waals surface area contributed by atoms with Crippen LogP contribution in [-0.4, -0.2) is 23.6 Å². The molecular formula is C9H19N7. The number of anilines is 4. The predicted molar refractivity (Wildman–Crippen MR) is 66.8 cm³/mol. The Labute approximate surface area is 95.0 Å². The first-order valence-electron chi connectivity index (χ1n) is 5.06. The molecule has 7 N–H and O–H groups in total. The number of nitrogens with two attached hydrogens (primary N) is 3. The summed E-state index contributed by atoms with van der Waals surface area (Å²) in [6, 6.07) is 0. The summed E-state index contributed by atoms with van der Waals surface area (Å²) >= 11 is 0. The van der Waals surface area contributed by atoms with Gasteiger partial charge in [0.1, 0.15) is 5.69 Å². The summed E-state index contributed by atoms with van der Waals surface area (Å²) in [5.41, 5.74) is 14.3. The quantitative estimate of drug-likeness (QED) is 0.421. The molecule has 0 spiro atoms. The molecule has 0 fully saturated rings. The molecule has 0 aliphatic heterocycles. The molecule has 1 rings (SSSR count). The van der Waals surface area contributed by atoms with Crippen LogP contribution in [-0.2, 0) is 0 Å². The van der Waals surface area contributed by atoms with E-state index in [9.17, 15) is 0 Å². The molecule has 0 aliphatic carbocycles. The third-order valence-electron chi connectivity index (χ3n) is 2.08. The highest BCUT2D eigenvalue weighted by Crippen LogP contribution is 2.26. The number of hydrogen-bond acceptors (Lipinski definition) is 7. The largest absolute Gasteiger partial charge is 0.393 e. The zero-order chi connectivity index (χ0) is 12.3. The molecule has 1 aromatic rings. The van der Waals surface area contributed by atoms with Crippen LogP contribution < -0.4 is 27.6 Å². The number of hydrogen-bond donors (Lipinski definition) is 4. The first kappa shape index (κ1) is 12.3. The fraction of sp³-hybridized carbons (Fsp3) is 0.556. The van der Waals surface area contributed by atoms with Crippen LogP contribution in [0.4, 0.5) is 23.3 Å². The van der Waals surface area contributed by atoms with Gasteiger partial charge in [-0.3, -0.25) is 0 Å². The molecule has 0 aromatic carbocycles. The zero-order valence-corrected chi connectivity index (χ0v) is 9.86. The lowest BCUT2D eigenvalue weighted by Crippen LogP contribution is -2.26. The van der Waals surface area contributed by atoms with E-state index in [1.54, 1.807) is 0 Å². The molecule has 0 saturated carbocycles. The normalized spacial score (nSPS) is 10.6. The summed E-state index contributed by atoms with van der Waals surface area (Å²) in [5.74, 6) is 6.87. The molecule has 0 atom stereocenters. The molecular weight excluding hydrogens is 206 g/mol. The molecule has 0 aliphatic rings. The van der Waals surface area contributed by atoms with Gasteiger partial charge in [0, 0.05) is 13.6 Å². The van der Waals surface area contributed by atoms with Gasteiger partial charge in [0.25, 0.3) is 0 Å². The molecule has 0 amide bonds. The van der Waals surface area contributed by atoms with Crippen molar-refractivity contribution in [3.8, 4) is 0 Å². The maximum Gasteiger partial charge on any atom is 0.224 e. The molecule has 0 bridgehead atoms. The number of nitrogens with one attached hydrogen (secondary N) is 1. The fourth-order valence-electron chi connectivity index (χ4n) is 1.51. The Balaban J connectivity index is 3.07. The van der Waals surface area contributed by atoms with E-state index in [2.05, 4.69) is 29.2 Å². The number of nitrogens with zero attached hydrogens (tertiary/aromatic N) is 3. The van der Waals surface area contributed by atoms with E-state index in [1.807, 2.05) is 11.9 Å². The Morgan fingerprint density at radius 1 is 1.31 bits per heavy atom. The Hall–Kier alpha value is -1.76. The molecule has 7 nitrogen and oxygen atoms in total. The highest BCUT2D eigenvalue weighted by Gasteiger charge is 2.14. The van der Waals surface area contributed by atoms with Gasteiger partial charge in [0.15, 0.2) is 11.6 Å². The third kappa shape index (κ3) is 2.63. The molecule has 1 heterocycles. The van der Waals surface area contributed by atoms with Crippen molar-refractivity contribution in [1.29, 1.82) is 0 Å². The molecule has 0 radical (unpaired) electrons. The number of rotatable bonds is 4. The second kappa shape index (κ2) is 4.84. The van der Waals surface area contributed by atoms with Crippen LogP contribution in [0.25, 0.3) is 0 Å². The molecule has 0 unspecified atom stereocenters. The van der Waals surface area contributed by atoms with Gasteiger partial charge in [-0.05, 0) is 5.92 Å². The van der Waals surface area contributed by atoms with Crippen molar-refractivity contribution in [2.75, 3.05) is 35.4 Å². The Kier molecular flexibility index (Phi) is 3.73. The first-order chi connectivity index (χ1) is 7.45. The maximum atomic E-state index is 5.87. The summed E-state index contributed by atoms with van der Waals surface area (Å²) in [6.07, 6.45) is 0. The first-order valence-corrected chi connectivity index (χ1v) is 5.06. The van der Waals surface area contributed by atoms with Crippen LogP contribution in [0.15, 0.2) is 0 Å². The van der Waals surface area contributed by atoms with Crippen molar-refractivity contribution in [3.05, 3.63) is 0 Å². The Morgan fingerprint density at radius 3 is 2.44 bits per heavy atom. The third-order valence-corrected chi connectivity index (χ3v) is 2.08. The summed E-state index contributed by atoms with van der Waals surface area (Å²) in [6.45, 7) is 5.04. The summed E-state index contributed by atoms with van der Waals surface area (Å²) in [7, 11) is 1.90. The van der Waals surface area contributed by atoms with E-state index in [1.165, 1.54) is 0 Å². The van der Waals surface area contributed by atoms with Gasteiger partial charge in [0.05, 0.1) is 0 Å². The molecule has 1 aromatic heterocycles. The van der Waals surface area contributed by atoms with E-state index >= 15 is 0 Å². The van der Waals surface area contributed by atoms with E-state index in [4.69, 9.17) is 17.3 Å². The fourth-order valence-corrected chi connectivity index (χ4v) is 1.51. The second-order valence-electron chi connectivity index (χ2n) is 4.09. The Morgan fingerprint density at radius 2 is 1.94 bits per heavy atom. The van der Waals surface area contributed by atoms with Crippen molar-refractivity contribution < 1.29 is 0 Å². The number of aromatic nitrogens is 2. The van der Waals surface area contributed by atoms with E-state index in [0.29, 0.717) is 23.2 Å². The second-order valence-corrected chi connectivity index (χ2v) is 4.09. The lowest BCUT2D eigenvalue weighted by Gasteiger charge is -2.22. The molecule has 7 heteroatoms. The number of nitrogen functional groups attached to an aromatic ring is 3. The average Bonchev–Trinajstić information content (AvgIpc) is 2.19. The van der Waals surface area contributed by atoms with Gasteiger partial charge in [-0.2, -0.15) is 9.97 Å². The van der Waals surface area contributed by atoms with Crippen molar-refractivity contribution in [3.63, 3.8) is 0 Å². The minimum absolute atomic E-state index is 0.146. The van der Waals surface area contributed by atoms with Gasteiger partial charge in [-0.25, -0.2) is 5.84 Å². The van der Waals surface area contributed by atoms with Crippen LogP contribution >= 0.6 is 0 Å². The highest BCUT2D eigenvalue weighted by atomic mass is 15.3. The van der Waals surface area contributed by atoms with Crippen LogP contribution in [0.2, 0.25) is 0 Å². The maximum absolute atomic E-state index is 5.87. The lowest BCUT2D eigenvalue weighted by molar-refractivity contribution is 0.635. The lowest BCUT2D eigenvalue weighted by atomic mass is 10.2. The monoisotopic (exact) mass is 225 g/mol. The summed E-state index contributed by atoms with van der Waals surface area (Å²) in [5, 5.41) is 0. The van der Waals surface area contributed by atoms with Crippen LogP contribution in [0.3, 0.4) is 0 Å². The van der Waals surface area contributed by atoms with Gasteiger partial charge in [-0.15, -0.1) is 0 Å². The molecule has 16 heavy (non-hydrogen) atoms. The predicted octanol–water partition coefficient (Wildman–Crippen LogP) is 0.0188. The highest BCUT2D eigenvalue weighted by molar-refractivity contribution is 5.76. The Bertz CT molecular complexity index is 363. The van der Waals surface area contributed by atoms with Crippen LogP contribution in [0, 0.1) is 5.92 Å². The van der Waals surface area contributed by atoms with Gasteiger partial charge >= 0.3 is 0 Å². The minimum atomic E-state index is 0.146. The molecule has 90 valence electrons. The van der Waals surface area contributed by atoms with Crippen molar-refractivity contribution in [1.82, 2.24) is 9.97 Å². The van der Waals surface area contributed by atoms with Crippen LogP contribution in [0.1, 0.15) is 13.8 Å². The topological polar surface area (TPSA) is 119 Å². The van der Waals surface area contributed by atoms with E-state index < -0.39 is 0 Å². The van der Waals surface area contributed by atoms with Gasteiger partial charge in [0.2, 0.25) is 5.95 Å². The van der Waals surface area contributed by atoms with Crippen molar-refractivity contribution >= 4 is 23.3 Å². The smallest absolute Gasteiger partial charge is 0.224 e. The molecule has 0 saturated heterocycles. The van der Waals surface area contributed by atoms with Gasteiger partial charge in [-0.1, -0.05) is 13.8 Å². The van der Waals surface area contributed by atoms with Gasteiger partial charge < -0.3 is 21.8 Å². The standard InChI is InChI=1S/C9H19N7/c1-5(2)4-16(3)8-6(10)7(15-12)13-9(11)14-8/h5H,4,10,12H2,1-3H3,(H3,11,13,14,15). The number of hydrazine groups is 1. The van der Waals surface area contributed by atoms with Crippen LogP contribution in [0.5, 0.6) is 0 Å². The SMILES string of the molecule is CC(C)CN(C)c1nc(N)nc(NN)c1N. The van der Waals surface area contributed by atoms with Crippen molar-refractivity contribution in [2.45, 2.75) is 13.8 Å². The van der Waals surface area contributed by atoms with Crippen molar-refractivity contribution in [2.24, 2.45) is 11.8 Å².